The molecule has 2 aromatic rings. The van der Waals surface area contributed by atoms with E-state index < -0.39 is 5.60 Å². The molecule has 0 fully saturated rings. The topological polar surface area (TPSA) is 140 Å². The molecule has 1 aliphatic rings. The molecule has 1 aromatic carbocycles. The van der Waals surface area contributed by atoms with E-state index in [-0.39, 0.29) is 36.3 Å². The number of amides is 1. The number of ether oxygens (including phenoxy) is 1. The van der Waals surface area contributed by atoms with Crippen LogP contribution in [0.1, 0.15) is 47.8 Å². The molecule has 0 spiro atoms. The van der Waals surface area contributed by atoms with Crippen molar-refractivity contribution in [2.45, 2.75) is 40.2 Å². The number of carbonyl (C=O) groups is 1. The molecule has 0 radical (unpaired) electrons. The number of aliphatic imine (C=N–C) groups is 1. The number of carbonyl (C=O) groups excluding carboxylic acids is 1. The number of rotatable bonds is 5. The van der Waals surface area contributed by atoms with Crippen molar-refractivity contribution in [3.05, 3.63) is 46.4 Å². The first-order valence-corrected chi connectivity index (χ1v) is 10.3. The number of hydrogen-bond acceptors (Lipinski definition) is 8. The highest BCUT2D eigenvalue weighted by atomic mass is 16.5. The summed E-state index contributed by atoms with van der Waals surface area (Å²) in [6.45, 7) is 10.0. The summed E-state index contributed by atoms with van der Waals surface area (Å²) in [5, 5.41) is 9.94. The molecule has 3 rings (SSSR count). The molecule has 1 aromatic heterocycles. The normalized spacial score (nSPS) is 15.3. The third kappa shape index (κ3) is 4.88. The zero-order valence-corrected chi connectivity index (χ0v) is 19.1. The van der Waals surface area contributed by atoms with E-state index in [0.29, 0.717) is 12.2 Å². The Bertz CT molecular complexity index is 1070. The van der Waals surface area contributed by atoms with E-state index in [2.05, 4.69) is 15.0 Å². The zero-order chi connectivity index (χ0) is 23.6. The quantitative estimate of drug-likeness (QED) is 0.608. The lowest BCUT2D eigenvalue weighted by Gasteiger charge is -2.23. The Hall–Kier alpha value is -3.46. The summed E-state index contributed by atoms with van der Waals surface area (Å²) in [6.07, 6.45) is 2.98. The Balaban J connectivity index is 2.01. The molecule has 170 valence electrons. The molecule has 2 heterocycles. The molecular weight excluding hydrogens is 408 g/mol. The van der Waals surface area contributed by atoms with Crippen LogP contribution in [0.25, 0.3) is 5.57 Å². The van der Waals surface area contributed by atoms with Crippen molar-refractivity contribution >= 4 is 29.2 Å². The van der Waals surface area contributed by atoms with Crippen molar-refractivity contribution in [1.29, 1.82) is 0 Å². The van der Waals surface area contributed by atoms with Crippen LogP contribution in [0.4, 0.5) is 11.5 Å². The highest BCUT2D eigenvalue weighted by Gasteiger charge is 2.29. The number of benzene rings is 1. The van der Waals surface area contributed by atoms with Crippen molar-refractivity contribution in [2.75, 3.05) is 30.3 Å². The molecule has 5 N–H and O–H groups in total. The lowest BCUT2D eigenvalue weighted by molar-refractivity contribution is 0.0905. The molecule has 0 atom stereocenters. The number of allylic oxidation sites excluding steroid dienone is 2. The Morgan fingerprint density at radius 2 is 1.97 bits per heavy atom. The molecule has 1 amide bonds. The summed E-state index contributed by atoms with van der Waals surface area (Å²) in [5.74, 6) is -0.0225. The van der Waals surface area contributed by atoms with E-state index in [1.165, 1.54) is 6.33 Å². The molecule has 0 bridgehead atoms. The van der Waals surface area contributed by atoms with Crippen LogP contribution in [-0.2, 0) is 0 Å². The first-order chi connectivity index (χ1) is 15.0. The van der Waals surface area contributed by atoms with Gasteiger partial charge in [0.25, 0.3) is 5.91 Å². The van der Waals surface area contributed by atoms with Crippen LogP contribution in [0, 0.1) is 13.8 Å². The second kappa shape index (κ2) is 8.96. The standard InChI is InChI=1S/C23H30N6O3/c1-13-8-16(29-6-7-32-21-19(22(29)30)20(25)27-12-28-21)9-14(2)18(13)17(15(3)24)10-26-11-23(4,5)31/h8-10,12,31H,6-7,11,24H2,1-5H3,(H2,25,27,28). The number of nitrogens with zero attached hydrogens (tertiary/aromatic N) is 4. The van der Waals surface area contributed by atoms with Gasteiger partial charge in [-0.2, -0.15) is 0 Å². The van der Waals surface area contributed by atoms with Gasteiger partial charge < -0.3 is 26.2 Å². The summed E-state index contributed by atoms with van der Waals surface area (Å²) in [7, 11) is 0. The average molecular weight is 439 g/mol. The van der Waals surface area contributed by atoms with Gasteiger partial charge in [-0.25, -0.2) is 9.97 Å². The fourth-order valence-electron chi connectivity index (χ4n) is 3.65. The second-order valence-electron chi connectivity index (χ2n) is 8.58. The van der Waals surface area contributed by atoms with Crippen LogP contribution in [0.15, 0.2) is 29.1 Å². The maximum Gasteiger partial charge on any atom is 0.267 e. The maximum atomic E-state index is 13.3. The highest BCUT2D eigenvalue weighted by molar-refractivity contribution is 6.13. The lowest BCUT2D eigenvalue weighted by Crippen LogP contribution is -2.33. The van der Waals surface area contributed by atoms with Crippen LogP contribution < -0.4 is 21.1 Å². The Morgan fingerprint density at radius 3 is 2.56 bits per heavy atom. The second-order valence-corrected chi connectivity index (χ2v) is 8.58. The number of nitrogens with two attached hydrogens (primary N) is 2. The van der Waals surface area contributed by atoms with Gasteiger partial charge in [-0.05, 0) is 63.4 Å². The number of anilines is 2. The minimum Gasteiger partial charge on any atom is -0.475 e. The van der Waals surface area contributed by atoms with Gasteiger partial charge in [0.2, 0.25) is 5.88 Å². The largest absolute Gasteiger partial charge is 0.475 e. The number of fused-ring (bicyclic) bond motifs is 1. The van der Waals surface area contributed by atoms with Crippen molar-refractivity contribution in [2.24, 2.45) is 10.7 Å². The highest BCUT2D eigenvalue weighted by Crippen LogP contribution is 2.32. The van der Waals surface area contributed by atoms with Crippen LogP contribution in [-0.4, -0.2) is 52.5 Å². The molecular formula is C23H30N6O3. The van der Waals surface area contributed by atoms with Crippen LogP contribution in [0.2, 0.25) is 0 Å². The zero-order valence-electron chi connectivity index (χ0n) is 19.1. The Morgan fingerprint density at radius 1 is 1.31 bits per heavy atom. The van der Waals surface area contributed by atoms with Crippen LogP contribution in [0.5, 0.6) is 5.88 Å². The third-order valence-corrected chi connectivity index (χ3v) is 5.08. The van der Waals surface area contributed by atoms with E-state index in [0.717, 1.165) is 28.0 Å². The van der Waals surface area contributed by atoms with Gasteiger partial charge in [-0.1, -0.05) is 0 Å². The minimum atomic E-state index is -0.908. The summed E-state index contributed by atoms with van der Waals surface area (Å²) >= 11 is 0. The van der Waals surface area contributed by atoms with Crippen LogP contribution in [0.3, 0.4) is 0 Å². The molecule has 0 aliphatic carbocycles. The molecule has 0 saturated heterocycles. The predicted octanol–water partition coefficient (Wildman–Crippen LogP) is 2.25. The van der Waals surface area contributed by atoms with E-state index in [9.17, 15) is 9.90 Å². The summed E-state index contributed by atoms with van der Waals surface area (Å²) in [4.78, 5) is 27.2. The van der Waals surface area contributed by atoms with Gasteiger partial charge in [0.1, 0.15) is 24.3 Å². The number of hydrogen-bond donors (Lipinski definition) is 3. The van der Waals surface area contributed by atoms with Crippen molar-refractivity contribution < 1.29 is 14.6 Å². The molecule has 32 heavy (non-hydrogen) atoms. The van der Waals surface area contributed by atoms with Gasteiger partial charge in [-0.3, -0.25) is 9.79 Å². The molecule has 0 unspecified atom stereocenters. The smallest absolute Gasteiger partial charge is 0.267 e. The van der Waals surface area contributed by atoms with Crippen molar-refractivity contribution in [1.82, 2.24) is 9.97 Å². The summed E-state index contributed by atoms with van der Waals surface area (Å²) < 4.78 is 5.62. The lowest BCUT2D eigenvalue weighted by atomic mass is 9.93. The van der Waals surface area contributed by atoms with Gasteiger partial charge >= 0.3 is 0 Å². The van der Waals surface area contributed by atoms with E-state index in [1.807, 2.05) is 32.9 Å². The summed E-state index contributed by atoms with van der Waals surface area (Å²) in [5.41, 5.74) is 16.3. The SMILES string of the molecule is CC(N)=C(C=NCC(C)(C)O)c1c(C)cc(N2CCOc3ncnc(N)c3C2=O)cc1C. The van der Waals surface area contributed by atoms with Gasteiger partial charge in [0.15, 0.2) is 0 Å². The Kier molecular flexibility index (Phi) is 6.50. The number of aryl methyl sites for hydroxylation is 2. The predicted molar refractivity (Wildman–Crippen MR) is 126 cm³/mol. The molecule has 9 heteroatoms. The first kappa shape index (κ1) is 23.2. The average Bonchev–Trinajstić information content (AvgIpc) is 2.84. The Labute approximate surface area is 187 Å². The third-order valence-electron chi connectivity index (χ3n) is 5.08. The summed E-state index contributed by atoms with van der Waals surface area (Å²) in [6, 6.07) is 3.86. The maximum absolute atomic E-state index is 13.3. The van der Waals surface area contributed by atoms with E-state index in [1.54, 1.807) is 25.0 Å². The van der Waals surface area contributed by atoms with Gasteiger partial charge in [-0.15, -0.1) is 0 Å². The first-order valence-electron chi connectivity index (χ1n) is 10.3. The van der Waals surface area contributed by atoms with E-state index >= 15 is 0 Å². The molecule has 9 nitrogen and oxygen atoms in total. The minimum absolute atomic E-state index is 0.0870. The fourth-order valence-corrected chi connectivity index (χ4v) is 3.65. The number of aromatic nitrogens is 2. The molecule has 0 saturated carbocycles. The number of nitrogen functional groups attached to an aromatic ring is 1. The van der Waals surface area contributed by atoms with Gasteiger partial charge in [0, 0.05) is 23.2 Å². The molecule has 1 aliphatic heterocycles. The van der Waals surface area contributed by atoms with E-state index in [4.69, 9.17) is 16.2 Å². The van der Waals surface area contributed by atoms with Crippen LogP contribution >= 0.6 is 0 Å². The fraction of sp³-hybridized carbons (Fsp3) is 0.391. The van der Waals surface area contributed by atoms with Gasteiger partial charge in [0.05, 0.1) is 18.7 Å². The number of aliphatic hydroxyl groups is 1. The van der Waals surface area contributed by atoms with Crippen molar-refractivity contribution in [3.63, 3.8) is 0 Å². The van der Waals surface area contributed by atoms with Crippen molar-refractivity contribution in [3.8, 4) is 5.88 Å². The monoisotopic (exact) mass is 438 g/mol.